The highest BCUT2D eigenvalue weighted by Gasteiger charge is 2.07. The zero-order valence-electron chi connectivity index (χ0n) is 12.2. The van der Waals surface area contributed by atoms with Crippen molar-refractivity contribution in [3.63, 3.8) is 0 Å². The fourth-order valence-electron chi connectivity index (χ4n) is 2.17. The molecule has 2 N–H and O–H groups in total. The molecule has 106 valence electrons. The van der Waals surface area contributed by atoms with E-state index in [1.807, 2.05) is 37.4 Å². The number of pyridine rings is 1. The van der Waals surface area contributed by atoms with Crippen LogP contribution in [0.1, 0.15) is 23.7 Å². The van der Waals surface area contributed by atoms with E-state index >= 15 is 0 Å². The predicted molar refractivity (Wildman–Crippen MR) is 82.0 cm³/mol. The van der Waals surface area contributed by atoms with Crippen LogP contribution in [0.15, 0.2) is 42.6 Å². The summed E-state index contributed by atoms with van der Waals surface area (Å²) in [4.78, 5) is 4.29. The summed E-state index contributed by atoms with van der Waals surface area (Å²) in [5.74, 6) is 0.934. The lowest BCUT2D eigenvalue weighted by molar-refractivity contribution is 0.316. The van der Waals surface area contributed by atoms with Crippen LogP contribution in [-0.4, -0.2) is 17.6 Å². The van der Waals surface area contributed by atoms with Gasteiger partial charge in [0.15, 0.2) is 0 Å². The van der Waals surface area contributed by atoms with Gasteiger partial charge in [-0.15, -0.1) is 0 Å². The molecule has 0 amide bonds. The highest BCUT2D eigenvalue weighted by molar-refractivity contribution is 5.37. The molecule has 1 atom stereocenters. The maximum absolute atomic E-state index is 5.90. The molecule has 0 saturated heterocycles. The molecule has 0 bridgehead atoms. The lowest BCUT2D eigenvalue weighted by Crippen LogP contribution is -2.18. The van der Waals surface area contributed by atoms with Crippen molar-refractivity contribution in [2.75, 3.05) is 6.61 Å². The zero-order chi connectivity index (χ0) is 14.4. The van der Waals surface area contributed by atoms with Crippen LogP contribution < -0.4 is 10.5 Å². The van der Waals surface area contributed by atoms with Gasteiger partial charge in [0.1, 0.15) is 5.75 Å². The van der Waals surface area contributed by atoms with Crippen molar-refractivity contribution >= 4 is 0 Å². The number of hydrogen-bond acceptors (Lipinski definition) is 3. The summed E-state index contributed by atoms with van der Waals surface area (Å²) in [6.07, 6.45) is 3.45. The van der Waals surface area contributed by atoms with Crippen molar-refractivity contribution in [1.82, 2.24) is 4.98 Å². The second-order valence-corrected chi connectivity index (χ2v) is 5.21. The Bertz CT molecular complexity index is 538. The standard InChI is InChI=1S/C17H22N2O/c1-13-6-7-17(15(11-13)12-14(2)18)20-10-8-16-5-3-4-9-19-16/h3-7,9,11,14H,8,10,12,18H2,1-2H3. The van der Waals surface area contributed by atoms with Gasteiger partial charge in [-0.3, -0.25) is 4.98 Å². The minimum atomic E-state index is 0.134. The van der Waals surface area contributed by atoms with Crippen molar-refractivity contribution in [2.24, 2.45) is 5.73 Å². The summed E-state index contributed by atoms with van der Waals surface area (Å²) >= 11 is 0. The average Bonchev–Trinajstić information content (AvgIpc) is 2.42. The van der Waals surface area contributed by atoms with Gasteiger partial charge in [0.05, 0.1) is 6.61 Å². The molecule has 0 aliphatic rings. The van der Waals surface area contributed by atoms with Gasteiger partial charge in [-0.05, 0) is 44.0 Å². The summed E-state index contributed by atoms with van der Waals surface area (Å²) in [6.45, 7) is 4.73. The van der Waals surface area contributed by atoms with E-state index in [1.54, 1.807) is 0 Å². The van der Waals surface area contributed by atoms with Crippen LogP contribution in [0, 0.1) is 6.92 Å². The first-order chi connectivity index (χ1) is 9.65. The van der Waals surface area contributed by atoms with Crippen LogP contribution >= 0.6 is 0 Å². The van der Waals surface area contributed by atoms with E-state index in [2.05, 4.69) is 24.0 Å². The summed E-state index contributed by atoms with van der Waals surface area (Å²) in [5.41, 5.74) is 9.36. The first-order valence-electron chi connectivity index (χ1n) is 7.03. The van der Waals surface area contributed by atoms with Crippen LogP contribution in [0.25, 0.3) is 0 Å². The van der Waals surface area contributed by atoms with Crippen LogP contribution in [0.2, 0.25) is 0 Å². The monoisotopic (exact) mass is 270 g/mol. The summed E-state index contributed by atoms with van der Waals surface area (Å²) in [6, 6.07) is 12.3. The summed E-state index contributed by atoms with van der Waals surface area (Å²) in [7, 11) is 0. The fourth-order valence-corrected chi connectivity index (χ4v) is 2.17. The Hall–Kier alpha value is -1.87. The van der Waals surface area contributed by atoms with Gasteiger partial charge in [-0.2, -0.15) is 0 Å². The van der Waals surface area contributed by atoms with E-state index in [-0.39, 0.29) is 6.04 Å². The Morgan fingerprint density at radius 2 is 2.10 bits per heavy atom. The number of nitrogens with zero attached hydrogens (tertiary/aromatic N) is 1. The third kappa shape index (κ3) is 4.35. The van der Waals surface area contributed by atoms with Crippen molar-refractivity contribution in [1.29, 1.82) is 0 Å². The third-order valence-electron chi connectivity index (χ3n) is 3.10. The molecule has 1 aromatic heterocycles. The smallest absolute Gasteiger partial charge is 0.122 e. The Labute approximate surface area is 120 Å². The number of benzene rings is 1. The van der Waals surface area contributed by atoms with E-state index in [4.69, 9.17) is 10.5 Å². The van der Waals surface area contributed by atoms with Crippen molar-refractivity contribution in [3.05, 3.63) is 59.4 Å². The Morgan fingerprint density at radius 3 is 2.80 bits per heavy atom. The van der Waals surface area contributed by atoms with E-state index in [1.165, 1.54) is 11.1 Å². The number of rotatable bonds is 6. The van der Waals surface area contributed by atoms with Gasteiger partial charge in [-0.1, -0.05) is 23.8 Å². The molecule has 2 rings (SSSR count). The van der Waals surface area contributed by atoms with Gasteiger partial charge in [-0.25, -0.2) is 0 Å². The lowest BCUT2D eigenvalue weighted by atomic mass is 10.0. The number of aryl methyl sites for hydroxylation is 1. The van der Waals surface area contributed by atoms with Gasteiger partial charge in [0.25, 0.3) is 0 Å². The molecule has 1 heterocycles. The zero-order valence-corrected chi connectivity index (χ0v) is 12.2. The number of ether oxygens (including phenoxy) is 1. The Morgan fingerprint density at radius 1 is 1.25 bits per heavy atom. The van der Waals surface area contributed by atoms with E-state index in [0.29, 0.717) is 6.61 Å². The maximum Gasteiger partial charge on any atom is 0.122 e. The first-order valence-corrected chi connectivity index (χ1v) is 7.03. The summed E-state index contributed by atoms with van der Waals surface area (Å²) < 4.78 is 5.90. The summed E-state index contributed by atoms with van der Waals surface area (Å²) in [5, 5.41) is 0. The van der Waals surface area contributed by atoms with Gasteiger partial charge in [0, 0.05) is 24.4 Å². The van der Waals surface area contributed by atoms with E-state index < -0.39 is 0 Å². The molecule has 2 aromatic rings. The van der Waals surface area contributed by atoms with Gasteiger partial charge >= 0.3 is 0 Å². The molecule has 0 fully saturated rings. The first kappa shape index (κ1) is 14.5. The van der Waals surface area contributed by atoms with E-state index in [0.717, 1.165) is 24.3 Å². The molecule has 3 nitrogen and oxygen atoms in total. The van der Waals surface area contributed by atoms with Crippen molar-refractivity contribution in [2.45, 2.75) is 32.7 Å². The minimum Gasteiger partial charge on any atom is -0.493 e. The minimum absolute atomic E-state index is 0.134. The number of hydrogen-bond donors (Lipinski definition) is 1. The molecular weight excluding hydrogens is 248 g/mol. The van der Waals surface area contributed by atoms with Gasteiger partial charge < -0.3 is 10.5 Å². The van der Waals surface area contributed by atoms with Crippen LogP contribution in [0.5, 0.6) is 5.75 Å². The quantitative estimate of drug-likeness (QED) is 0.878. The lowest BCUT2D eigenvalue weighted by Gasteiger charge is -2.14. The second-order valence-electron chi connectivity index (χ2n) is 5.21. The van der Waals surface area contributed by atoms with Crippen molar-refractivity contribution in [3.8, 4) is 5.75 Å². The largest absolute Gasteiger partial charge is 0.493 e. The highest BCUT2D eigenvalue weighted by atomic mass is 16.5. The third-order valence-corrected chi connectivity index (χ3v) is 3.10. The van der Waals surface area contributed by atoms with Crippen molar-refractivity contribution < 1.29 is 4.74 Å². The highest BCUT2D eigenvalue weighted by Crippen LogP contribution is 2.21. The maximum atomic E-state index is 5.90. The molecule has 0 aliphatic heterocycles. The van der Waals surface area contributed by atoms with Crippen LogP contribution in [0.4, 0.5) is 0 Å². The Kier molecular flexibility index (Phi) is 5.13. The second kappa shape index (κ2) is 7.06. The number of aromatic nitrogens is 1. The SMILES string of the molecule is Cc1ccc(OCCc2ccccn2)c(CC(C)N)c1. The molecule has 1 aromatic carbocycles. The fraction of sp³-hybridized carbons (Fsp3) is 0.353. The molecule has 20 heavy (non-hydrogen) atoms. The molecular formula is C17H22N2O. The molecule has 3 heteroatoms. The normalized spacial score (nSPS) is 12.2. The number of nitrogens with two attached hydrogens (primary N) is 1. The molecule has 0 spiro atoms. The topological polar surface area (TPSA) is 48.1 Å². The Balaban J connectivity index is 1.98. The van der Waals surface area contributed by atoms with E-state index in [9.17, 15) is 0 Å². The van der Waals surface area contributed by atoms with Crippen LogP contribution in [-0.2, 0) is 12.8 Å². The molecule has 1 unspecified atom stereocenters. The molecule has 0 aliphatic carbocycles. The van der Waals surface area contributed by atoms with Gasteiger partial charge in [0.2, 0.25) is 0 Å². The molecule has 0 saturated carbocycles. The average molecular weight is 270 g/mol. The van der Waals surface area contributed by atoms with Crippen LogP contribution in [0.3, 0.4) is 0 Å². The molecule has 0 radical (unpaired) electrons. The predicted octanol–water partition coefficient (Wildman–Crippen LogP) is 2.90.